The summed E-state index contributed by atoms with van der Waals surface area (Å²) in [4.78, 5) is 28.2. The quantitative estimate of drug-likeness (QED) is 0.175. The Bertz CT molecular complexity index is 1790. The lowest BCUT2D eigenvalue weighted by Crippen LogP contribution is -2.43. The number of aryl methyl sites for hydroxylation is 1. The van der Waals surface area contributed by atoms with E-state index in [0.717, 1.165) is 33.2 Å². The van der Waals surface area contributed by atoms with Crippen LogP contribution in [0.5, 0.6) is 17.2 Å². The molecule has 0 radical (unpaired) electrons. The summed E-state index contributed by atoms with van der Waals surface area (Å²) in [6.45, 7) is 2.62. The van der Waals surface area contributed by atoms with Crippen molar-refractivity contribution < 1.29 is 23.4 Å². The van der Waals surface area contributed by atoms with Crippen molar-refractivity contribution in [3.63, 3.8) is 0 Å². The van der Waals surface area contributed by atoms with Crippen molar-refractivity contribution in [3.05, 3.63) is 135 Å². The van der Waals surface area contributed by atoms with Gasteiger partial charge in [0.25, 0.3) is 0 Å². The first-order chi connectivity index (χ1) is 21.4. The maximum atomic E-state index is 14.3. The fourth-order valence-corrected chi connectivity index (χ4v) is 6.17. The Labute approximate surface area is 256 Å². The van der Waals surface area contributed by atoms with Crippen molar-refractivity contribution in [2.45, 2.75) is 31.7 Å². The number of amides is 1. The fourth-order valence-electron chi connectivity index (χ4n) is 6.17. The largest absolute Gasteiger partial charge is 0.493 e. The molecule has 4 aromatic carbocycles. The summed E-state index contributed by atoms with van der Waals surface area (Å²) in [5.74, 6) is 1.75. The SMILES string of the molecule is COc1cc2c(cc1OC)C(COc1ccc3c(C)cc(=O)oc3c1)N(C(=O)CC(c1ccccc1)c1ccccc1)CC2. The molecular formula is C37H35NO6. The maximum Gasteiger partial charge on any atom is 0.336 e. The maximum absolute atomic E-state index is 14.3. The van der Waals surface area contributed by atoms with Gasteiger partial charge >= 0.3 is 5.63 Å². The number of nitrogens with zero attached hydrogens (tertiary/aromatic N) is 1. The molecule has 1 amide bonds. The molecule has 0 spiro atoms. The van der Waals surface area contributed by atoms with Crippen LogP contribution in [-0.2, 0) is 11.2 Å². The molecule has 224 valence electrons. The van der Waals surface area contributed by atoms with Gasteiger partial charge in [-0.1, -0.05) is 60.7 Å². The molecule has 1 atom stereocenters. The molecule has 6 rings (SSSR count). The Morgan fingerprint density at radius 1 is 0.886 bits per heavy atom. The van der Waals surface area contributed by atoms with Crippen molar-refractivity contribution in [1.29, 1.82) is 0 Å². The molecule has 1 aliphatic rings. The molecular weight excluding hydrogens is 554 g/mol. The highest BCUT2D eigenvalue weighted by Crippen LogP contribution is 2.40. The highest BCUT2D eigenvalue weighted by Gasteiger charge is 2.34. The molecule has 0 fully saturated rings. The first kappa shape index (κ1) is 29.1. The van der Waals surface area contributed by atoms with Crippen LogP contribution < -0.4 is 19.8 Å². The van der Waals surface area contributed by atoms with Crippen LogP contribution in [0.4, 0.5) is 0 Å². The first-order valence-electron chi connectivity index (χ1n) is 14.8. The summed E-state index contributed by atoms with van der Waals surface area (Å²) in [6.07, 6.45) is 0.993. The Hall–Kier alpha value is -5.04. The third-order valence-corrected chi connectivity index (χ3v) is 8.44. The molecule has 0 saturated carbocycles. The van der Waals surface area contributed by atoms with E-state index in [-0.39, 0.29) is 24.5 Å². The molecule has 0 saturated heterocycles. The Morgan fingerprint density at radius 3 is 2.20 bits per heavy atom. The second-order valence-corrected chi connectivity index (χ2v) is 11.1. The van der Waals surface area contributed by atoms with E-state index in [1.54, 1.807) is 20.3 Å². The number of hydrogen-bond donors (Lipinski definition) is 0. The number of carbonyl (C=O) groups excluding carboxylic acids is 1. The Balaban J connectivity index is 1.34. The predicted octanol–water partition coefficient (Wildman–Crippen LogP) is 6.85. The molecule has 7 heteroatoms. The third-order valence-electron chi connectivity index (χ3n) is 8.44. The van der Waals surface area contributed by atoms with Crippen LogP contribution in [0.3, 0.4) is 0 Å². The number of benzene rings is 4. The number of fused-ring (bicyclic) bond motifs is 2. The minimum Gasteiger partial charge on any atom is -0.493 e. The minimum atomic E-state index is -0.405. The van der Waals surface area contributed by atoms with E-state index in [2.05, 4.69) is 24.3 Å². The molecule has 1 unspecified atom stereocenters. The Kier molecular flexibility index (Phi) is 8.37. The molecule has 5 aromatic rings. The minimum absolute atomic E-state index is 0.0388. The highest BCUT2D eigenvalue weighted by atomic mass is 16.5. The second kappa shape index (κ2) is 12.7. The van der Waals surface area contributed by atoms with E-state index in [1.807, 2.05) is 72.5 Å². The molecule has 2 heterocycles. The van der Waals surface area contributed by atoms with Crippen molar-refractivity contribution >= 4 is 16.9 Å². The van der Waals surface area contributed by atoms with Crippen molar-refractivity contribution in [2.24, 2.45) is 0 Å². The number of hydrogen-bond acceptors (Lipinski definition) is 6. The molecule has 0 bridgehead atoms. The van der Waals surface area contributed by atoms with Gasteiger partial charge < -0.3 is 23.5 Å². The Morgan fingerprint density at radius 2 is 1.55 bits per heavy atom. The van der Waals surface area contributed by atoms with Gasteiger partial charge in [0, 0.05) is 36.4 Å². The van der Waals surface area contributed by atoms with E-state index in [9.17, 15) is 9.59 Å². The zero-order chi connectivity index (χ0) is 30.6. The lowest BCUT2D eigenvalue weighted by molar-refractivity contribution is -0.135. The number of carbonyl (C=O) groups is 1. The van der Waals surface area contributed by atoms with Gasteiger partial charge in [0.2, 0.25) is 5.91 Å². The standard InChI is InChI=1S/C37H35NO6/c1-24-18-37(40)44-33-20-28(14-15-29(24)33)43-23-32-31-21-35(42-3)34(41-2)19-27(31)16-17-38(32)36(39)22-30(25-10-6-4-7-11-25)26-12-8-5-9-13-26/h4-15,18-21,30,32H,16-17,22-23H2,1-3H3. The summed E-state index contributed by atoms with van der Waals surface area (Å²) in [5.41, 5.74) is 5.13. The summed E-state index contributed by atoms with van der Waals surface area (Å²) < 4.78 is 23.0. The van der Waals surface area contributed by atoms with E-state index >= 15 is 0 Å². The van der Waals surface area contributed by atoms with Crippen molar-refractivity contribution in [3.8, 4) is 17.2 Å². The smallest absolute Gasteiger partial charge is 0.336 e. The zero-order valence-electron chi connectivity index (χ0n) is 25.1. The van der Waals surface area contributed by atoms with E-state index in [0.29, 0.717) is 42.2 Å². The molecule has 0 N–H and O–H groups in total. The van der Waals surface area contributed by atoms with E-state index in [1.165, 1.54) is 6.07 Å². The van der Waals surface area contributed by atoms with Crippen LogP contribution in [0.25, 0.3) is 11.0 Å². The van der Waals surface area contributed by atoms with Gasteiger partial charge in [-0.15, -0.1) is 0 Å². The van der Waals surface area contributed by atoms with Gasteiger partial charge in [-0.25, -0.2) is 4.79 Å². The first-order valence-corrected chi connectivity index (χ1v) is 14.8. The molecule has 7 nitrogen and oxygen atoms in total. The number of methoxy groups -OCH3 is 2. The van der Waals surface area contributed by atoms with Gasteiger partial charge in [0.1, 0.15) is 17.9 Å². The van der Waals surface area contributed by atoms with Gasteiger partial charge in [0.15, 0.2) is 11.5 Å². The summed E-state index contributed by atoms with van der Waals surface area (Å²) >= 11 is 0. The van der Waals surface area contributed by atoms with Gasteiger partial charge in [0.05, 0.1) is 20.3 Å². The monoisotopic (exact) mass is 589 g/mol. The number of rotatable bonds is 9. The molecule has 1 aliphatic heterocycles. The van der Waals surface area contributed by atoms with Crippen LogP contribution in [0, 0.1) is 6.92 Å². The molecule has 44 heavy (non-hydrogen) atoms. The second-order valence-electron chi connectivity index (χ2n) is 11.1. The predicted molar refractivity (Wildman–Crippen MR) is 170 cm³/mol. The van der Waals surface area contributed by atoms with Crippen LogP contribution in [-0.4, -0.2) is 38.2 Å². The summed E-state index contributed by atoms with van der Waals surface area (Å²) in [6, 6.07) is 30.9. The average molecular weight is 590 g/mol. The fraction of sp³-hybridized carbons (Fsp3) is 0.243. The van der Waals surface area contributed by atoms with Crippen LogP contribution in [0.1, 0.15) is 46.2 Å². The van der Waals surface area contributed by atoms with Gasteiger partial charge in [-0.2, -0.15) is 0 Å². The highest BCUT2D eigenvalue weighted by molar-refractivity contribution is 5.81. The zero-order valence-corrected chi connectivity index (χ0v) is 25.1. The lowest BCUT2D eigenvalue weighted by Gasteiger charge is -2.38. The van der Waals surface area contributed by atoms with Gasteiger partial charge in [-0.05, 0) is 65.4 Å². The van der Waals surface area contributed by atoms with Crippen LogP contribution >= 0.6 is 0 Å². The van der Waals surface area contributed by atoms with E-state index < -0.39 is 5.63 Å². The average Bonchev–Trinajstić information content (AvgIpc) is 3.05. The molecule has 1 aromatic heterocycles. The summed E-state index contributed by atoms with van der Waals surface area (Å²) in [7, 11) is 3.23. The lowest BCUT2D eigenvalue weighted by atomic mass is 9.86. The van der Waals surface area contributed by atoms with Crippen LogP contribution in [0.2, 0.25) is 0 Å². The topological polar surface area (TPSA) is 78.2 Å². The van der Waals surface area contributed by atoms with Crippen molar-refractivity contribution in [1.82, 2.24) is 4.90 Å². The normalized spacial score (nSPS) is 14.4. The van der Waals surface area contributed by atoms with E-state index in [4.69, 9.17) is 18.6 Å². The van der Waals surface area contributed by atoms with Gasteiger partial charge in [-0.3, -0.25) is 4.79 Å². The third kappa shape index (κ3) is 5.91. The summed E-state index contributed by atoms with van der Waals surface area (Å²) in [5, 5.41) is 0.849. The molecule has 0 aliphatic carbocycles. The van der Waals surface area contributed by atoms with Crippen molar-refractivity contribution in [2.75, 3.05) is 27.4 Å². The van der Waals surface area contributed by atoms with Crippen LogP contribution in [0.15, 0.2) is 106 Å². The number of ether oxygens (including phenoxy) is 3.